The molecular formula is C23H16O2. The SMILES string of the molecule is O=c1c2ccccc2oc2ccccc12.c1ccc2ccccc2c1. The van der Waals surface area contributed by atoms with Crippen LogP contribution in [0.4, 0.5) is 0 Å². The average molecular weight is 324 g/mol. The zero-order chi connectivity index (χ0) is 17.1. The summed E-state index contributed by atoms with van der Waals surface area (Å²) in [6, 6.07) is 31.3. The Hall–Kier alpha value is -3.39. The summed E-state index contributed by atoms with van der Waals surface area (Å²) in [7, 11) is 0. The van der Waals surface area contributed by atoms with Crippen LogP contribution < -0.4 is 5.43 Å². The van der Waals surface area contributed by atoms with Crippen LogP contribution in [0.3, 0.4) is 0 Å². The summed E-state index contributed by atoms with van der Waals surface area (Å²) in [5, 5.41) is 3.89. The van der Waals surface area contributed by atoms with Crippen LogP contribution in [-0.2, 0) is 0 Å². The first-order chi connectivity index (χ1) is 12.3. The summed E-state index contributed by atoms with van der Waals surface area (Å²) in [6.07, 6.45) is 0. The smallest absolute Gasteiger partial charge is 0.200 e. The molecular weight excluding hydrogens is 308 g/mol. The quantitative estimate of drug-likeness (QED) is 0.338. The first-order valence-corrected chi connectivity index (χ1v) is 8.17. The fourth-order valence-electron chi connectivity index (χ4n) is 2.88. The Morgan fingerprint density at radius 3 is 1.28 bits per heavy atom. The molecule has 0 amide bonds. The predicted molar refractivity (Wildman–Crippen MR) is 104 cm³/mol. The van der Waals surface area contributed by atoms with Gasteiger partial charge < -0.3 is 4.42 Å². The van der Waals surface area contributed by atoms with Crippen molar-refractivity contribution in [2.24, 2.45) is 0 Å². The summed E-state index contributed by atoms with van der Waals surface area (Å²) in [5.74, 6) is 0. The lowest BCUT2D eigenvalue weighted by atomic mass is 10.1. The van der Waals surface area contributed by atoms with Crippen molar-refractivity contribution in [3.8, 4) is 0 Å². The molecule has 0 aliphatic heterocycles. The lowest BCUT2D eigenvalue weighted by molar-refractivity contribution is 0.660. The van der Waals surface area contributed by atoms with Gasteiger partial charge in [-0.05, 0) is 35.0 Å². The van der Waals surface area contributed by atoms with E-state index in [1.165, 1.54) is 10.8 Å². The Balaban J connectivity index is 0.000000136. The molecule has 0 saturated carbocycles. The molecule has 5 rings (SSSR count). The second-order valence-corrected chi connectivity index (χ2v) is 5.77. The van der Waals surface area contributed by atoms with E-state index in [2.05, 4.69) is 48.5 Å². The third-order valence-corrected chi connectivity index (χ3v) is 4.14. The molecule has 0 fully saturated rings. The molecule has 0 unspecified atom stereocenters. The molecule has 120 valence electrons. The standard InChI is InChI=1S/C13H8O2.C10H8/c14-13-9-5-1-3-7-11(9)15-12-8-4-2-6-10(12)13;1-2-6-10-8-4-3-7-9(10)5-1/h1-8H;1-8H. The fourth-order valence-corrected chi connectivity index (χ4v) is 2.88. The van der Waals surface area contributed by atoms with Gasteiger partial charge in [-0.15, -0.1) is 0 Å². The minimum absolute atomic E-state index is 0.0347. The topological polar surface area (TPSA) is 30.2 Å². The number of para-hydroxylation sites is 2. The Morgan fingerprint density at radius 2 is 0.840 bits per heavy atom. The van der Waals surface area contributed by atoms with E-state index >= 15 is 0 Å². The van der Waals surface area contributed by atoms with E-state index in [0.29, 0.717) is 21.9 Å². The highest BCUT2D eigenvalue weighted by atomic mass is 16.3. The molecule has 4 aromatic carbocycles. The van der Waals surface area contributed by atoms with Crippen molar-refractivity contribution in [2.45, 2.75) is 0 Å². The van der Waals surface area contributed by atoms with Gasteiger partial charge in [0.05, 0.1) is 10.8 Å². The highest BCUT2D eigenvalue weighted by Crippen LogP contribution is 2.17. The first kappa shape index (κ1) is 15.2. The number of hydrogen-bond donors (Lipinski definition) is 0. The summed E-state index contributed by atoms with van der Waals surface area (Å²) in [4.78, 5) is 12.0. The Bertz CT molecular complexity index is 1100. The van der Waals surface area contributed by atoms with E-state index in [-0.39, 0.29) is 5.43 Å². The van der Waals surface area contributed by atoms with Gasteiger partial charge in [-0.1, -0.05) is 72.8 Å². The van der Waals surface area contributed by atoms with E-state index < -0.39 is 0 Å². The van der Waals surface area contributed by atoms with Crippen LogP contribution in [0, 0.1) is 0 Å². The summed E-state index contributed by atoms with van der Waals surface area (Å²) in [6.45, 7) is 0. The lowest BCUT2D eigenvalue weighted by Gasteiger charge is -1.99. The largest absolute Gasteiger partial charge is 0.456 e. The molecule has 0 spiro atoms. The fraction of sp³-hybridized carbons (Fsp3) is 0. The lowest BCUT2D eigenvalue weighted by Crippen LogP contribution is -2.01. The maximum absolute atomic E-state index is 12.0. The average Bonchev–Trinajstić information content (AvgIpc) is 2.69. The highest BCUT2D eigenvalue weighted by molar-refractivity contribution is 5.89. The molecule has 1 aromatic heterocycles. The van der Waals surface area contributed by atoms with Gasteiger partial charge in [0, 0.05) is 0 Å². The van der Waals surface area contributed by atoms with E-state index in [1.807, 2.05) is 36.4 Å². The Labute approximate surface area is 145 Å². The number of benzene rings is 4. The molecule has 0 aliphatic carbocycles. The minimum Gasteiger partial charge on any atom is -0.456 e. The maximum Gasteiger partial charge on any atom is 0.200 e. The Morgan fingerprint density at radius 1 is 0.480 bits per heavy atom. The van der Waals surface area contributed by atoms with Crippen molar-refractivity contribution in [1.82, 2.24) is 0 Å². The monoisotopic (exact) mass is 324 g/mol. The summed E-state index contributed by atoms with van der Waals surface area (Å²) >= 11 is 0. The second kappa shape index (κ2) is 6.62. The number of fused-ring (bicyclic) bond motifs is 3. The van der Waals surface area contributed by atoms with Gasteiger partial charge in [0.15, 0.2) is 0 Å². The molecule has 2 nitrogen and oxygen atoms in total. The zero-order valence-corrected chi connectivity index (χ0v) is 13.6. The summed E-state index contributed by atoms with van der Waals surface area (Å²) < 4.78 is 5.63. The van der Waals surface area contributed by atoms with Crippen LogP contribution in [0.15, 0.2) is 106 Å². The molecule has 2 heteroatoms. The molecule has 5 aromatic rings. The molecule has 0 aliphatic rings. The molecule has 0 atom stereocenters. The van der Waals surface area contributed by atoms with Gasteiger partial charge in [-0.2, -0.15) is 0 Å². The van der Waals surface area contributed by atoms with Crippen molar-refractivity contribution in [3.05, 3.63) is 107 Å². The molecule has 25 heavy (non-hydrogen) atoms. The number of rotatable bonds is 0. The van der Waals surface area contributed by atoms with Crippen molar-refractivity contribution in [2.75, 3.05) is 0 Å². The van der Waals surface area contributed by atoms with Crippen molar-refractivity contribution in [3.63, 3.8) is 0 Å². The zero-order valence-electron chi connectivity index (χ0n) is 13.6. The number of hydrogen-bond acceptors (Lipinski definition) is 2. The van der Waals surface area contributed by atoms with E-state index in [0.717, 1.165) is 0 Å². The Kier molecular flexibility index (Phi) is 4.01. The molecule has 0 radical (unpaired) electrons. The normalized spacial score (nSPS) is 10.6. The third-order valence-electron chi connectivity index (χ3n) is 4.14. The van der Waals surface area contributed by atoms with Crippen LogP contribution in [0.25, 0.3) is 32.7 Å². The van der Waals surface area contributed by atoms with Gasteiger partial charge in [0.1, 0.15) is 11.2 Å². The molecule has 0 saturated heterocycles. The van der Waals surface area contributed by atoms with Gasteiger partial charge in [-0.3, -0.25) is 4.79 Å². The minimum atomic E-state index is 0.0347. The highest BCUT2D eigenvalue weighted by Gasteiger charge is 2.04. The van der Waals surface area contributed by atoms with Gasteiger partial charge >= 0.3 is 0 Å². The predicted octanol–water partition coefficient (Wildman–Crippen LogP) is 5.79. The van der Waals surface area contributed by atoms with E-state index in [4.69, 9.17) is 4.42 Å². The van der Waals surface area contributed by atoms with Crippen molar-refractivity contribution in [1.29, 1.82) is 0 Å². The molecule has 0 bridgehead atoms. The first-order valence-electron chi connectivity index (χ1n) is 8.17. The second-order valence-electron chi connectivity index (χ2n) is 5.77. The van der Waals surface area contributed by atoms with Crippen LogP contribution in [-0.4, -0.2) is 0 Å². The van der Waals surface area contributed by atoms with Crippen molar-refractivity contribution >= 4 is 32.7 Å². The van der Waals surface area contributed by atoms with E-state index in [1.54, 1.807) is 12.1 Å². The van der Waals surface area contributed by atoms with Gasteiger partial charge in [0.25, 0.3) is 0 Å². The molecule has 1 heterocycles. The van der Waals surface area contributed by atoms with Crippen molar-refractivity contribution < 1.29 is 4.42 Å². The van der Waals surface area contributed by atoms with Gasteiger partial charge in [0.2, 0.25) is 5.43 Å². The van der Waals surface area contributed by atoms with Crippen LogP contribution >= 0.6 is 0 Å². The third kappa shape index (κ3) is 3.02. The van der Waals surface area contributed by atoms with E-state index in [9.17, 15) is 4.79 Å². The summed E-state index contributed by atoms with van der Waals surface area (Å²) in [5.41, 5.74) is 1.31. The maximum atomic E-state index is 12.0. The van der Waals surface area contributed by atoms with Gasteiger partial charge in [-0.25, -0.2) is 0 Å². The van der Waals surface area contributed by atoms with Crippen LogP contribution in [0.2, 0.25) is 0 Å². The molecule has 0 N–H and O–H groups in total. The van der Waals surface area contributed by atoms with Crippen LogP contribution in [0.1, 0.15) is 0 Å². The van der Waals surface area contributed by atoms with Crippen LogP contribution in [0.5, 0.6) is 0 Å².